The molecular weight excluding hydrogens is 802 g/mol. The van der Waals surface area contributed by atoms with Crippen LogP contribution in [0, 0.1) is 5.92 Å². The van der Waals surface area contributed by atoms with Crippen LogP contribution in [-0.2, 0) is 22.4 Å². The van der Waals surface area contributed by atoms with Gasteiger partial charge in [0.15, 0.2) is 11.5 Å². The lowest BCUT2D eigenvalue weighted by molar-refractivity contribution is -0.120. The minimum atomic E-state index is -0.404. The number of aromatic nitrogens is 2. The van der Waals surface area contributed by atoms with Gasteiger partial charge >= 0.3 is 6.03 Å². The van der Waals surface area contributed by atoms with Gasteiger partial charge < -0.3 is 24.2 Å². The van der Waals surface area contributed by atoms with Crippen molar-refractivity contribution in [2.75, 3.05) is 55.5 Å². The fourth-order valence-corrected chi connectivity index (χ4v) is 9.60. The van der Waals surface area contributed by atoms with Gasteiger partial charge in [-0.05, 0) is 161 Å². The first-order chi connectivity index (χ1) is 29.9. The van der Waals surface area contributed by atoms with Gasteiger partial charge in [0.05, 0.1) is 31.9 Å². The van der Waals surface area contributed by atoms with Crippen molar-refractivity contribution in [2.45, 2.75) is 89.8 Å². The summed E-state index contributed by atoms with van der Waals surface area (Å²) in [4.78, 5) is 51.0. The van der Waals surface area contributed by atoms with E-state index in [0.29, 0.717) is 40.8 Å². The Bertz CT molecular complexity index is 2390. The van der Waals surface area contributed by atoms with Gasteiger partial charge in [-0.25, -0.2) is 9.78 Å². The second kappa shape index (κ2) is 18.8. The topological polar surface area (TPSA) is 112 Å². The molecule has 4 heterocycles. The summed E-state index contributed by atoms with van der Waals surface area (Å²) in [6, 6.07) is 24.2. The molecule has 13 heteroatoms. The molecule has 2 fully saturated rings. The average molecular weight is 860 g/mol. The summed E-state index contributed by atoms with van der Waals surface area (Å²) in [5.41, 5.74) is 6.93. The highest BCUT2D eigenvalue weighted by molar-refractivity contribution is 6.30. The van der Waals surface area contributed by atoms with Gasteiger partial charge in [0.1, 0.15) is 11.5 Å². The summed E-state index contributed by atoms with van der Waals surface area (Å²) in [6.45, 7) is 6.41. The van der Waals surface area contributed by atoms with Crippen LogP contribution in [0.3, 0.4) is 0 Å². The van der Waals surface area contributed by atoms with Gasteiger partial charge in [-0.1, -0.05) is 23.7 Å². The maximum Gasteiger partial charge on any atom is 0.329 e. The molecule has 1 N–H and O–H groups in total. The first kappa shape index (κ1) is 43.1. The van der Waals surface area contributed by atoms with Gasteiger partial charge in [-0.3, -0.25) is 24.2 Å². The number of benzene rings is 3. The van der Waals surface area contributed by atoms with Crippen LogP contribution in [0.5, 0.6) is 11.5 Å². The molecule has 4 amide bonds. The van der Waals surface area contributed by atoms with Crippen LogP contribution >= 0.6 is 11.6 Å². The number of nitrogens with zero attached hydrogens (tertiary/aromatic N) is 6. The predicted molar refractivity (Wildman–Crippen MR) is 245 cm³/mol. The SMILES string of the molecule is COc1cc2c(cc1OC(C)C)C(c1ccc(Cl)cc1)N(c1ccc(N(C)CC3CCC(N(C)CCCCc4ccn5c(N6CCC(=O)NC6=O)cnc5c4)CC3)cc1)C(=O)C2. The number of unbranched alkanes of at least 4 members (excludes halogenated alkanes) is 1. The monoisotopic (exact) mass is 859 g/mol. The number of halogens is 1. The number of fused-ring (bicyclic) bond motifs is 2. The Labute approximate surface area is 369 Å². The van der Waals surface area contributed by atoms with Crippen LogP contribution in [-0.4, -0.2) is 85.1 Å². The number of pyridine rings is 1. The average Bonchev–Trinajstić information content (AvgIpc) is 3.68. The van der Waals surface area contributed by atoms with E-state index in [0.717, 1.165) is 66.1 Å². The molecule has 2 aliphatic heterocycles. The second-order valence-corrected chi connectivity index (χ2v) is 17.8. The Kier molecular flexibility index (Phi) is 13.1. The predicted octanol–water partition coefficient (Wildman–Crippen LogP) is 8.86. The number of methoxy groups -OCH3 is 1. The number of nitrogens with one attached hydrogen (secondary N) is 1. The van der Waals surface area contributed by atoms with E-state index < -0.39 is 6.03 Å². The molecule has 326 valence electrons. The van der Waals surface area contributed by atoms with Crippen LogP contribution in [0.4, 0.5) is 22.0 Å². The molecule has 0 radical (unpaired) electrons. The van der Waals surface area contributed by atoms with Gasteiger partial charge in [-0.15, -0.1) is 0 Å². The number of aryl methyl sites for hydroxylation is 1. The zero-order valence-corrected chi connectivity index (χ0v) is 37.2. The fourth-order valence-electron chi connectivity index (χ4n) is 9.48. The first-order valence-corrected chi connectivity index (χ1v) is 22.4. The normalized spacial score (nSPS) is 19.3. The lowest BCUT2D eigenvalue weighted by Gasteiger charge is -2.38. The van der Waals surface area contributed by atoms with E-state index in [-0.39, 0.29) is 36.8 Å². The standard InChI is InChI=1S/C49H58ClN7O5/c1-32(2)62-43-29-41-36(27-42(43)61-5)28-47(59)57(48(41)35-11-13-37(50)14-12-35)40-19-17-39(18-20-40)54(4)31-34-9-15-38(16-10-34)53(3)23-7-6-8-33-21-24-55-44(26-33)51-30-46(55)56-25-22-45(58)52-49(56)60/h11-14,17-21,24,26-27,29-30,32,34,38,48H,6-10,15-16,22-23,25,28,31H2,1-5H3,(H,52,58,60). The maximum atomic E-state index is 14.0. The number of imide groups is 1. The Balaban J connectivity index is 0.834. The van der Waals surface area contributed by atoms with E-state index in [9.17, 15) is 14.4 Å². The Morgan fingerprint density at radius 1 is 0.919 bits per heavy atom. The summed E-state index contributed by atoms with van der Waals surface area (Å²) in [7, 11) is 6.08. The van der Waals surface area contributed by atoms with Crippen molar-refractivity contribution in [1.29, 1.82) is 0 Å². The van der Waals surface area contributed by atoms with Gasteiger partial charge in [0, 0.05) is 55.2 Å². The number of ether oxygens (including phenoxy) is 2. The molecule has 0 spiro atoms. The van der Waals surface area contributed by atoms with Crippen molar-refractivity contribution in [3.05, 3.63) is 112 Å². The smallest absolute Gasteiger partial charge is 0.329 e. The van der Waals surface area contributed by atoms with Crippen LogP contribution in [0.25, 0.3) is 5.65 Å². The molecule has 1 saturated carbocycles. The highest BCUT2D eigenvalue weighted by atomic mass is 35.5. The summed E-state index contributed by atoms with van der Waals surface area (Å²) in [5, 5.41) is 3.03. The lowest BCUT2D eigenvalue weighted by atomic mass is 9.85. The maximum absolute atomic E-state index is 14.0. The first-order valence-electron chi connectivity index (χ1n) is 22.0. The number of rotatable bonds is 15. The molecule has 0 bridgehead atoms. The van der Waals surface area contributed by atoms with E-state index in [1.165, 1.54) is 31.2 Å². The van der Waals surface area contributed by atoms with Gasteiger partial charge in [0.25, 0.3) is 0 Å². The Morgan fingerprint density at radius 2 is 1.68 bits per heavy atom. The number of carbonyl (C=O) groups is 3. The molecule has 3 aliphatic rings. The molecule has 8 rings (SSSR count). The van der Waals surface area contributed by atoms with E-state index in [2.05, 4.69) is 70.6 Å². The largest absolute Gasteiger partial charge is 0.493 e. The van der Waals surface area contributed by atoms with Crippen LogP contribution < -0.4 is 29.5 Å². The quantitative estimate of drug-likeness (QED) is 0.104. The highest BCUT2D eigenvalue weighted by Crippen LogP contribution is 2.44. The summed E-state index contributed by atoms with van der Waals surface area (Å²) >= 11 is 6.33. The van der Waals surface area contributed by atoms with E-state index in [1.807, 2.05) is 65.7 Å². The number of imidazole rings is 1. The lowest BCUT2D eigenvalue weighted by Crippen LogP contribution is -2.50. The van der Waals surface area contributed by atoms with Crippen molar-refractivity contribution in [2.24, 2.45) is 5.92 Å². The molecule has 2 aromatic heterocycles. The molecular formula is C49H58ClN7O5. The third-order valence-electron chi connectivity index (χ3n) is 12.8. The number of amides is 4. The minimum Gasteiger partial charge on any atom is -0.493 e. The third kappa shape index (κ3) is 9.41. The molecule has 1 atom stereocenters. The zero-order chi connectivity index (χ0) is 43.5. The number of carbonyl (C=O) groups excluding carboxylic acids is 3. The minimum absolute atomic E-state index is 0.0225. The van der Waals surface area contributed by atoms with Gasteiger partial charge in [0.2, 0.25) is 11.8 Å². The second-order valence-electron chi connectivity index (χ2n) is 17.4. The van der Waals surface area contributed by atoms with Crippen LogP contribution in [0.1, 0.15) is 87.1 Å². The van der Waals surface area contributed by atoms with E-state index in [4.69, 9.17) is 21.1 Å². The summed E-state index contributed by atoms with van der Waals surface area (Å²) in [6.07, 6.45) is 12.2. The van der Waals surface area contributed by atoms with Crippen molar-refractivity contribution >= 4 is 52.3 Å². The summed E-state index contributed by atoms with van der Waals surface area (Å²) < 4.78 is 13.8. The third-order valence-corrected chi connectivity index (χ3v) is 13.0. The molecule has 12 nitrogen and oxygen atoms in total. The van der Waals surface area contributed by atoms with Crippen LogP contribution in [0.2, 0.25) is 5.02 Å². The van der Waals surface area contributed by atoms with Crippen molar-refractivity contribution < 1.29 is 23.9 Å². The Morgan fingerprint density at radius 3 is 2.39 bits per heavy atom. The molecule has 5 aromatic rings. The zero-order valence-electron chi connectivity index (χ0n) is 36.5. The van der Waals surface area contributed by atoms with Crippen molar-refractivity contribution in [3.63, 3.8) is 0 Å². The van der Waals surface area contributed by atoms with E-state index >= 15 is 0 Å². The van der Waals surface area contributed by atoms with Crippen molar-refractivity contribution in [3.8, 4) is 11.5 Å². The van der Waals surface area contributed by atoms with E-state index in [1.54, 1.807) is 18.2 Å². The van der Waals surface area contributed by atoms with Gasteiger partial charge in [-0.2, -0.15) is 0 Å². The fraction of sp³-hybridized carbons (Fsp3) is 0.429. The molecule has 1 saturated heterocycles. The number of hydrogen-bond donors (Lipinski definition) is 1. The van der Waals surface area contributed by atoms with Crippen molar-refractivity contribution in [1.82, 2.24) is 19.6 Å². The highest BCUT2D eigenvalue weighted by Gasteiger charge is 2.36. The molecule has 1 aliphatic carbocycles. The summed E-state index contributed by atoms with van der Waals surface area (Å²) in [5.74, 6) is 2.36. The molecule has 3 aromatic carbocycles. The number of anilines is 3. The molecule has 1 unspecified atom stereocenters. The molecule has 62 heavy (non-hydrogen) atoms. The Hall–Kier alpha value is -5.59. The van der Waals surface area contributed by atoms with Crippen LogP contribution in [0.15, 0.2) is 85.2 Å². The number of urea groups is 1. The number of hydrogen-bond acceptors (Lipinski definition) is 8.